The summed E-state index contributed by atoms with van der Waals surface area (Å²) in [6.07, 6.45) is 1.55. The SMILES string of the molecule is CCCOc1ccc(C(O)=C2C(=O)C(=O)N(CCCN(C)C)C2c2ccc(OC)c(OC)c2)cc1. The second-order valence-electron chi connectivity index (χ2n) is 8.64. The van der Waals surface area contributed by atoms with Gasteiger partial charge in [0.05, 0.1) is 32.4 Å². The zero-order valence-corrected chi connectivity index (χ0v) is 21.0. The molecule has 1 atom stereocenters. The Kier molecular flexibility index (Phi) is 8.76. The summed E-state index contributed by atoms with van der Waals surface area (Å²) in [7, 11) is 6.97. The average molecular weight is 483 g/mol. The number of aliphatic hydroxyl groups excluding tert-OH is 1. The normalized spacial score (nSPS) is 17.2. The van der Waals surface area contributed by atoms with Gasteiger partial charge in [0.2, 0.25) is 0 Å². The van der Waals surface area contributed by atoms with Crippen LogP contribution in [0.2, 0.25) is 0 Å². The van der Waals surface area contributed by atoms with Gasteiger partial charge < -0.3 is 29.1 Å². The predicted molar refractivity (Wildman–Crippen MR) is 134 cm³/mol. The zero-order chi connectivity index (χ0) is 25.5. The summed E-state index contributed by atoms with van der Waals surface area (Å²) in [6, 6.07) is 11.3. The molecule has 1 aliphatic rings. The molecular weight excluding hydrogens is 448 g/mol. The van der Waals surface area contributed by atoms with Crippen molar-refractivity contribution in [1.29, 1.82) is 0 Å². The van der Waals surface area contributed by atoms with Crippen LogP contribution < -0.4 is 14.2 Å². The fourth-order valence-electron chi connectivity index (χ4n) is 4.12. The molecule has 0 saturated carbocycles. The Morgan fingerprint density at radius 3 is 2.31 bits per heavy atom. The molecule has 1 heterocycles. The lowest BCUT2D eigenvalue weighted by atomic mass is 9.95. The maximum atomic E-state index is 13.2. The minimum absolute atomic E-state index is 0.0503. The second-order valence-corrected chi connectivity index (χ2v) is 8.64. The number of ether oxygens (including phenoxy) is 3. The van der Waals surface area contributed by atoms with E-state index in [1.54, 1.807) is 49.6 Å². The van der Waals surface area contributed by atoms with E-state index in [-0.39, 0.29) is 11.3 Å². The average Bonchev–Trinajstić information content (AvgIpc) is 3.11. The molecule has 8 heteroatoms. The third-order valence-corrected chi connectivity index (χ3v) is 5.87. The van der Waals surface area contributed by atoms with Crippen molar-refractivity contribution in [3.05, 3.63) is 59.2 Å². The lowest BCUT2D eigenvalue weighted by Gasteiger charge is -2.26. The number of carbonyl (C=O) groups is 2. The molecule has 1 saturated heterocycles. The minimum Gasteiger partial charge on any atom is -0.507 e. The topological polar surface area (TPSA) is 88.5 Å². The zero-order valence-electron chi connectivity index (χ0n) is 21.0. The Balaban J connectivity index is 2.08. The molecule has 1 amide bonds. The van der Waals surface area contributed by atoms with E-state index in [0.29, 0.717) is 47.9 Å². The number of Topliss-reactive ketones (excluding diaryl/α,β-unsaturated/α-hetero) is 1. The van der Waals surface area contributed by atoms with Gasteiger partial charge in [0.1, 0.15) is 11.5 Å². The Bertz CT molecular complexity index is 1080. The Morgan fingerprint density at radius 2 is 1.71 bits per heavy atom. The molecule has 0 radical (unpaired) electrons. The van der Waals surface area contributed by atoms with Crippen molar-refractivity contribution in [3.8, 4) is 17.2 Å². The van der Waals surface area contributed by atoms with Crippen LogP contribution in [0.4, 0.5) is 0 Å². The van der Waals surface area contributed by atoms with Crippen molar-refractivity contribution in [2.75, 3.05) is 48.0 Å². The molecule has 0 aliphatic carbocycles. The molecule has 0 aromatic heterocycles. The molecular formula is C27H34N2O6. The Hall–Kier alpha value is -3.52. The summed E-state index contributed by atoms with van der Waals surface area (Å²) in [4.78, 5) is 29.8. The van der Waals surface area contributed by atoms with E-state index in [4.69, 9.17) is 14.2 Å². The van der Waals surface area contributed by atoms with Crippen LogP contribution in [0.3, 0.4) is 0 Å². The third-order valence-electron chi connectivity index (χ3n) is 5.87. The van der Waals surface area contributed by atoms with E-state index < -0.39 is 17.7 Å². The van der Waals surface area contributed by atoms with Gasteiger partial charge >= 0.3 is 0 Å². The van der Waals surface area contributed by atoms with Crippen LogP contribution in [0.5, 0.6) is 17.2 Å². The summed E-state index contributed by atoms with van der Waals surface area (Å²) < 4.78 is 16.4. The number of likely N-dealkylation sites (tertiary alicyclic amines) is 1. The van der Waals surface area contributed by atoms with Gasteiger partial charge in [0, 0.05) is 12.1 Å². The van der Waals surface area contributed by atoms with Crippen LogP contribution in [0, 0.1) is 0 Å². The van der Waals surface area contributed by atoms with E-state index in [9.17, 15) is 14.7 Å². The van der Waals surface area contributed by atoms with Crippen LogP contribution in [0.1, 0.15) is 36.9 Å². The van der Waals surface area contributed by atoms with Crippen molar-refractivity contribution >= 4 is 17.4 Å². The first kappa shape index (κ1) is 26.1. The highest BCUT2D eigenvalue weighted by Gasteiger charge is 2.46. The molecule has 2 aromatic carbocycles. The molecule has 35 heavy (non-hydrogen) atoms. The van der Waals surface area contributed by atoms with Crippen LogP contribution in [0.25, 0.3) is 5.76 Å². The second kappa shape index (κ2) is 11.8. The fourth-order valence-corrected chi connectivity index (χ4v) is 4.12. The number of hydrogen-bond donors (Lipinski definition) is 1. The monoisotopic (exact) mass is 482 g/mol. The highest BCUT2D eigenvalue weighted by molar-refractivity contribution is 6.46. The van der Waals surface area contributed by atoms with Gasteiger partial charge in [-0.15, -0.1) is 0 Å². The fraction of sp³-hybridized carbons (Fsp3) is 0.407. The largest absolute Gasteiger partial charge is 0.507 e. The smallest absolute Gasteiger partial charge is 0.295 e. The van der Waals surface area contributed by atoms with E-state index in [2.05, 4.69) is 0 Å². The first-order chi connectivity index (χ1) is 16.8. The van der Waals surface area contributed by atoms with E-state index in [1.165, 1.54) is 12.0 Å². The van der Waals surface area contributed by atoms with Crippen molar-refractivity contribution < 1.29 is 28.9 Å². The molecule has 0 bridgehead atoms. The van der Waals surface area contributed by atoms with Crippen LogP contribution in [-0.2, 0) is 9.59 Å². The van der Waals surface area contributed by atoms with E-state index in [0.717, 1.165) is 13.0 Å². The maximum absolute atomic E-state index is 13.2. The number of ketones is 1. The molecule has 1 unspecified atom stereocenters. The van der Waals surface area contributed by atoms with Crippen molar-refractivity contribution in [1.82, 2.24) is 9.80 Å². The van der Waals surface area contributed by atoms with Gasteiger partial charge in [0.15, 0.2) is 11.5 Å². The lowest BCUT2D eigenvalue weighted by Crippen LogP contribution is -2.32. The lowest BCUT2D eigenvalue weighted by molar-refractivity contribution is -0.139. The first-order valence-corrected chi connectivity index (χ1v) is 11.7. The van der Waals surface area contributed by atoms with E-state index in [1.807, 2.05) is 25.9 Å². The number of nitrogens with zero attached hydrogens (tertiary/aromatic N) is 2. The summed E-state index contributed by atoms with van der Waals surface area (Å²) >= 11 is 0. The Labute approximate surface area is 206 Å². The van der Waals surface area contributed by atoms with Crippen LogP contribution in [-0.4, -0.2) is 74.6 Å². The van der Waals surface area contributed by atoms with Crippen LogP contribution in [0.15, 0.2) is 48.0 Å². The molecule has 0 spiro atoms. The molecule has 2 aromatic rings. The number of hydrogen-bond acceptors (Lipinski definition) is 7. The van der Waals surface area contributed by atoms with Crippen molar-refractivity contribution in [2.24, 2.45) is 0 Å². The molecule has 1 N–H and O–H groups in total. The summed E-state index contributed by atoms with van der Waals surface area (Å²) in [6.45, 7) is 3.72. The van der Waals surface area contributed by atoms with Crippen molar-refractivity contribution in [2.45, 2.75) is 25.8 Å². The highest BCUT2D eigenvalue weighted by Crippen LogP contribution is 2.42. The van der Waals surface area contributed by atoms with Gasteiger partial charge in [-0.3, -0.25) is 9.59 Å². The summed E-state index contributed by atoms with van der Waals surface area (Å²) in [5.74, 6) is 0.112. The van der Waals surface area contributed by atoms with Gasteiger partial charge in [0.25, 0.3) is 11.7 Å². The standard InChI is InChI=1S/C27H34N2O6/c1-6-16-35-20-11-8-18(9-12-20)25(30)23-24(19-10-13-21(33-4)22(17-19)34-5)29(27(32)26(23)31)15-7-14-28(2)3/h8-13,17,24,30H,6-7,14-16H2,1-5H3. The summed E-state index contributed by atoms with van der Waals surface area (Å²) in [5, 5.41) is 11.2. The molecule has 3 rings (SSSR count). The number of amides is 1. The van der Waals surface area contributed by atoms with Gasteiger partial charge in [-0.05, 0) is 75.4 Å². The number of methoxy groups -OCH3 is 2. The van der Waals surface area contributed by atoms with Crippen molar-refractivity contribution in [3.63, 3.8) is 0 Å². The first-order valence-electron chi connectivity index (χ1n) is 11.7. The van der Waals surface area contributed by atoms with Gasteiger partial charge in [-0.25, -0.2) is 0 Å². The number of rotatable bonds is 11. The number of aliphatic hydroxyl groups is 1. The molecule has 8 nitrogen and oxygen atoms in total. The predicted octanol–water partition coefficient (Wildman–Crippen LogP) is 3.87. The molecule has 188 valence electrons. The third kappa shape index (κ3) is 5.77. The minimum atomic E-state index is -0.756. The number of carbonyl (C=O) groups excluding carboxylic acids is 2. The Morgan fingerprint density at radius 1 is 1.03 bits per heavy atom. The maximum Gasteiger partial charge on any atom is 0.295 e. The van der Waals surface area contributed by atoms with Gasteiger partial charge in [-0.1, -0.05) is 13.0 Å². The number of benzene rings is 2. The quantitative estimate of drug-likeness (QED) is 0.296. The molecule has 1 aliphatic heterocycles. The highest BCUT2D eigenvalue weighted by atomic mass is 16.5. The summed E-state index contributed by atoms with van der Waals surface area (Å²) in [5.41, 5.74) is 1.14. The van der Waals surface area contributed by atoms with Crippen LogP contribution >= 0.6 is 0 Å². The van der Waals surface area contributed by atoms with Gasteiger partial charge in [-0.2, -0.15) is 0 Å². The van der Waals surface area contributed by atoms with E-state index >= 15 is 0 Å². The molecule has 1 fully saturated rings.